The van der Waals surface area contributed by atoms with Crippen LogP contribution in [0.1, 0.15) is 12.8 Å². The molecule has 0 aromatic heterocycles. The lowest BCUT2D eigenvalue weighted by Crippen LogP contribution is -3.00. The fourth-order valence-corrected chi connectivity index (χ4v) is 3.25. The summed E-state index contributed by atoms with van der Waals surface area (Å²) >= 11 is 0. The average molecular weight is 389 g/mol. The molecule has 0 radical (unpaired) electrons. The van der Waals surface area contributed by atoms with Crippen molar-refractivity contribution in [1.29, 1.82) is 0 Å². The standard InChI is InChI=1S/C20H25N2O.BrH/c1-22(2)15-13-17(14-16-22)20(23)21(18-9-5-3-6-10-18)19-11-7-4-8-12-19;/h3-12,17H,13-16H2,1-2H3;1H/q+1;/p-1. The molecule has 2 aromatic carbocycles. The van der Waals surface area contributed by atoms with Crippen LogP contribution in [-0.2, 0) is 4.79 Å². The number of quaternary nitrogens is 1. The van der Waals surface area contributed by atoms with Crippen LogP contribution >= 0.6 is 0 Å². The van der Waals surface area contributed by atoms with Gasteiger partial charge in [-0.25, -0.2) is 0 Å². The van der Waals surface area contributed by atoms with Crippen molar-refractivity contribution in [2.24, 2.45) is 5.92 Å². The second kappa shape index (κ2) is 7.95. The van der Waals surface area contributed by atoms with Crippen molar-refractivity contribution < 1.29 is 26.3 Å². The second-order valence-corrected chi connectivity index (χ2v) is 7.00. The predicted molar refractivity (Wildman–Crippen MR) is 94.6 cm³/mol. The summed E-state index contributed by atoms with van der Waals surface area (Å²) in [6.07, 6.45) is 1.92. The monoisotopic (exact) mass is 388 g/mol. The van der Waals surface area contributed by atoms with Gasteiger partial charge in [0.05, 0.1) is 27.2 Å². The van der Waals surface area contributed by atoms with Gasteiger partial charge >= 0.3 is 0 Å². The van der Waals surface area contributed by atoms with E-state index in [0.717, 1.165) is 41.8 Å². The molecule has 128 valence electrons. The SMILES string of the molecule is C[N+]1(C)CCC(C(=O)N(c2ccccc2)c2ccccc2)CC1.[Br-]. The van der Waals surface area contributed by atoms with Crippen LogP contribution in [0.2, 0.25) is 0 Å². The summed E-state index contributed by atoms with van der Waals surface area (Å²) in [5.41, 5.74) is 1.89. The lowest BCUT2D eigenvalue weighted by atomic mass is 9.93. The molecule has 0 atom stereocenters. The number of hydrogen-bond donors (Lipinski definition) is 0. The number of carbonyl (C=O) groups is 1. The molecule has 3 nitrogen and oxygen atoms in total. The van der Waals surface area contributed by atoms with Gasteiger partial charge < -0.3 is 21.5 Å². The summed E-state index contributed by atoms with van der Waals surface area (Å²) in [7, 11) is 4.49. The van der Waals surface area contributed by atoms with E-state index in [-0.39, 0.29) is 28.8 Å². The highest BCUT2D eigenvalue weighted by Crippen LogP contribution is 2.30. The number of benzene rings is 2. The van der Waals surface area contributed by atoms with Gasteiger partial charge in [0.2, 0.25) is 5.91 Å². The number of rotatable bonds is 3. The molecule has 0 aliphatic carbocycles. The first-order valence-corrected chi connectivity index (χ1v) is 8.33. The van der Waals surface area contributed by atoms with E-state index in [9.17, 15) is 4.79 Å². The van der Waals surface area contributed by atoms with Crippen molar-refractivity contribution in [3.8, 4) is 0 Å². The summed E-state index contributed by atoms with van der Waals surface area (Å²) in [5, 5.41) is 0. The van der Waals surface area contributed by atoms with Crippen LogP contribution in [0.5, 0.6) is 0 Å². The predicted octanol–water partition coefficient (Wildman–Crippen LogP) is 0.842. The van der Waals surface area contributed by atoms with Crippen LogP contribution in [-0.4, -0.2) is 37.6 Å². The van der Waals surface area contributed by atoms with Crippen LogP contribution in [0.3, 0.4) is 0 Å². The van der Waals surface area contributed by atoms with E-state index in [2.05, 4.69) is 14.1 Å². The van der Waals surface area contributed by atoms with Gasteiger partial charge in [0.25, 0.3) is 0 Å². The summed E-state index contributed by atoms with van der Waals surface area (Å²) in [4.78, 5) is 15.1. The molecule has 1 saturated heterocycles. The minimum absolute atomic E-state index is 0. The molecular formula is C20H25BrN2O. The van der Waals surface area contributed by atoms with Crippen LogP contribution in [0, 0.1) is 5.92 Å². The van der Waals surface area contributed by atoms with Crippen molar-refractivity contribution in [1.82, 2.24) is 0 Å². The third-order valence-corrected chi connectivity index (χ3v) is 4.76. The highest BCUT2D eigenvalue weighted by molar-refractivity contribution is 6.01. The zero-order valence-corrected chi connectivity index (χ0v) is 15.9. The first-order valence-electron chi connectivity index (χ1n) is 8.33. The quantitative estimate of drug-likeness (QED) is 0.713. The third-order valence-electron chi connectivity index (χ3n) is 4.76. The number of likely N-dealkylation sites (tertiary alicyclic amines) is 1. The molecule has 24 heavy (non-hydrogen) atoms. The maximum atomic E-state index is 13.2. The van der Waals surface area contributed by atoms with Gasteiger partial charge in [0.15, 0.2) is 0 Å². The van der Waals surface area contributed by atoms with Gasteiger partial charge in [0.1, 0.15) is 0 Å². The van der Waals surface area contributed by atoms with Gasteiger partial charge in [-0.05, 0) is 24.3 Å². The van der Waals surface area contributed by atoms with Crippen molar-refractivity contribution in [2.45, 2.75) is 12.8 Å². The van der Waals surface area contributed by atoms with E-state index >= 15 is 0 Å². The molecule has 0 unspecified atom stereocenters. The van der Waals surface area contributed by atoms with Crippen LogP contribution in [0.15, 0.2) is 60.7 Å². The molecule has 0 saturated carbocycles. The molecule has 0 N–H and O–H groups in total. The van der Waals surface area contributed by atoms with Crippen molar-refractivity contribution in [3.05, 3.63) is 60.7 Å². The van der Waals surface area contributed by atoms with Crippen LogP contribution in [0.25, 0.3) is 0 Å². The summed E-state index contributed by atoms with van der Waals surface area (Å²) in [6, 6.07) is 19.9. The summed E-state index contributed by atoms with van der Waals surface area (Å²) < 4.78 is 1.01. The first-order chi connectivity index (χ1) is 11.1. The molecule has 1 aliphatic rings. The van der Waals surface area contributed by atoms with E-state index in [1.165, 1.54) is 0 Å². The normalized spacial score (nSPS) is 16.9. The van der Waals surface area contributed by atoms with Gasteiger partial charge in [-0.3, -0.25) is 9.69 Å². The Morgan fingerprint density at radius 2 is 1.29 bits per heavy atom. The highest BCUT2D eigenvalue weighted by Gasteiger charge is 2.33. The lowest BCUT2D eigenvalue weighted by molar-refractivity contribution is -0.895. The number of piperidine rings is 1. The number of hydrogen-bond acceptors (Lipinski definition) is 1. The number of nitrogens with zero attached hydrogens (tertiary/aromatic N) is 2. The zero-order valence-electron chi connectivity index (χ0n) is 14.4. The highest BCUT2D eigenvalue weighted by atomic mass is 79.9. The lowest BCUT2D eigenvalue weighted by Gasteiger charge is -2.38. The Balaban J connectivity index is 0.00000208. The molecule has 3 rings (SSSR count). The van der Waals surface area contributed by atoms with E-state index in [1.54, 1.807) is 0 Å². The molecule has 1 amide bonds. The maximum absolute atomic E-state index is 13.2. The van der Waals surface area contributed by atoms with E-state index in [4.69, 9.17) is 0 Å². The molecule has 1 heterocycles. The average Bonchev–Trinajstić information content (AvgIpc) is 2.57. The van der Waals surface area contributed by atoms with Crippen LogP contribution in [0.4, 0.5) is 11.4 Å². The van der Waals surface area contributed by atoms with Crippen molar-refractivity contribution in [2.75, 3.05) is 32.1 Å². The Morgan fingerprint density at radius 3 is 1.71 bits per heavy atom. The van der Waals surface area contributed by atoms with Gasteiger partial charge in [-0.15, -0.1) is 0 Å². The van der Waals surface area contributed by atoms with E-state index < -0.39 is 0 Å². The van der Waals surface area contributed by atoms with Gasteiger partial charge in [0, 0.05) is 30.1 Å². The minimum Gasteiger partial charge on any atom is -1.00 e. The Hall–Kier alpha value is -1.65. The zero-order chi connectivity index (χ0) is 16.3. The Kier molecular flexibility index (Phi) is 6.19. The van der Waals surface area contributed by atoms with E-state index in [0.29, 0.717) is 0 Å². The Labute approximate surface area is 155 Å². The molecule has 1 aliphatic heterocycles. The first kappa shape index (κ1) is 18.7. The third kappa shape index (κ3) is 4.25. The molecule has 1 fully saturated rings. The smallest absolute Gasteiger partial charge is 0.235 e. The molecule has 4 heteroatoms. The summed E-state index contributed by atoms with van der Waals surface area (Å²) in [5.74, 6) is 0.337. The Bertz CT molecular complexity index is 608. The topological polar surface area (TPSA) is 20.3 Å². The van der Waals surface area contributed by atoms with Crippen molar-refractivity contribution in [3.63, 3.8) is 0 Å². The van der Waals surface area contributed by atoms with E-state index in [1.807, 2.05) is 65.6 Å². The second-order valence-electron chi connectivity index (χ2n) is 7.00. The van der Waals surface area contributed by atoms with Gasteiger partial charge in [-0.1, -0.05) is 36.4 Å². The van der Waals surface area contributed by atoms with Gasteiger partial charge in [-0.2, -0.15) is 0 Å². The fraction of sp³-hybridized carbons (Fsp3) is 0.350. The fourth-order valence-electron chi connectivity index (χ4n) is 3.25. The minimum atomic E-state index is 0. The number of amides is 1. The summed E-state index contributed by atoms with van der Waals surface area (Å²) in [6.45, 7) is 2.13. The molecule has 0 spiro atoms. The van der Waals surface area contributed by atoms with Crippen molar-refractivity contribution >= 4 is 17.3 Å². The molecule has 2 aromatic rings. The molecule has 0 bridgehead atoms. The number of anilines is 2. The number of para-hydroxylation sites is 2. The maximum Gasteiger partial charge on any atom is 0.235 e. The largest absolute Gasteiger partial charge is 1.00 e. The van der Waals surface area contributed by atoms with Crippen LogP contribution < -0.4 is 21.9 Å². The molecular weight excluding hydrogens is 364 g/mol. The number of carbonyl (C=O) groups excluding carboxylic acids is 1. The Morgan fingerprint density at radius 1 is 0.875 bits per heavy atom. The number of halogens is 1.